The molecule has 0 saturated carbocycles. The number of fused-ring (bicyclic) bond motifs is 1. The lowest BCUT2D eigenvalue weighted by molar-refractivity contribution is -0.138. The van der Waals surface area contributed by atoms with Crippen molar-refractivity contribution in [1.29, 1.82) is 0 Å². The van der Waals surface area contributed by atoms with Crippen LogP contribution in [0.15, 0.2) is 77.8 Å². The predicted octanol–water partition coefficient (Wildman–Crippen LogP) is 2.24. The highest BCUT2D eigenvalue weighted by molar-refractivity contribution is 6.26. The van der Waals surface area contributed by atoms with E-state index in [4.69, 9.17) is 5.73 Å². The lowest BCUT2D eigenvalue weighted by atomic mass is 9.97. The summed E-state index contributed by atoms with van der Waals surface area (Å²) >= 11 is 0. The SMILES string of the molecule is C[C@H](NC(=O)[C@@H](O)c1cc(F)cc(F)c1)C(=O)C1(N)N=C(c2ccccc2)c2ccccc2N(C)C1=O. The van der Waals surface area contributed by atoms with E-state index in [1.165, 1.54) is 18.9 Å². The number of carbonyl (C=O) groups is 3. The smallest absolute Gasteiger partial charge is 0.277 e. The van der Waals surface area contributed by atoms with Gasteiger partial charge in [-0.05, 0) is 30.7 Å². The molecule has 0 aliphatic carbocycles. The van der Waals surface area contributed by atoms with E-state index in [9.17, 15) is 28.3 Å². The summed E-state index contributed by atoms with van der Waals surface area (Å²) in [6.45, 7) is 1.27. The number of rotatable bonds is 6. The summed E-state index contributed by atoms with van der Waals surface area (Å²) in [7, 11) is 1.46. The largest absolute Gasteiger partial charge is 0.378 e. The number of anilines is 1. The Morgan fingerprint density at radius 2 is 1.62 bits per heavy atom. The van der Waals surface area contributed by atoms with Crippen LogP contribution in [-0.4, -0.2) is 47.2 Å². The minimum absolute atomic E-state index is 0.304. The summed E-state index contributed by atoms with van der Waals surface area (Å²) in [5, 5.41) is 12.6. The summed E-state index contributed by atoms with van der Waals surface area (Å²) in [6, 6.07) is 16.6. The van der Waals surface area contributed by atoms with Crippen molar-refractivity contribution >= 4 is 29.0 Å². The van der Waals surface area contributed by atoms with Crippen LogP contribution in [0.25, 0.3) is 0 Å². The fourth-order valence-corrected chi connectivity index (χ4v) is 4.16. The molecule has 0 spiro atoms. The van der Waals surface area contributed by atoms with E-state index in [1.807, 2.05) is 0 Å². The van der Waals surface area contributed by atoms with E-state index in [0.717, 1.165) is 12.1 Å². The van der Waals surface area contributed by atoms with Crippen molar-refractivity contribution in [2.75, 3.05) is 11.9 Å². The zero-order valence-corrected chi connectivity index (χ0v) is 20.0. The van der Waals surface area contributed by atoms with Crippen LogP contribution < -0.4 is 16.0 Å². The summed E-state index contributed by atoms with van der Waals surface area (Å²) in [5.41, 5.74) is 5.60. The average molecular weight is 507 g/mol. The van der Waals surface area contributed by atoms with Gasteiger partial charge in [0, 0.05) is 24.2 Å². The normalized spacial score (nSPS) is 18.8. The van der Waals surface area contributed by atoms with Gasteiger partial charge in [0.1, 0.15) is 11.6 Å². The zero-order valence-electron chi connectivity index (χ0n) is 20.0. The number of aliphatic imine (C=N–C) groups is 1. The van der Waals surface area contributed by atoms with Crippen molar-refractivity contribution in [1.82, 2.24) is 5.32 Å². The van der Waals surface area contributed by atoms with Gasteiger partial charge in [-0.3, -0.25) is 20.1 Å². The molecule has 1 aliphatic heterocycles. The third kappa shape index (κ3) is 4.89. The molecule has 0 radical (unpaired) electrons. The molecule has 2 amide bonds. The highest BCUT2D eigenvalue weighted by Gasteiger charge is 2.49. The highest BCUT2D eigenvalue weighted by Crippen LogP contribution is 2.30. The number of carbonyl (C=O) groups excluding carboxylic acids is 3. The van der Waals surface area contributed by atoms with E-state index in [2.05, 4.69) is 10.3 Å². The van der Waals surface area contributed by atoms with E-state index < -0.39 is 47.0 Å². The number of hydrogen-bond donors (Lipinski definition) is 3. The molecule has 10 heteroatoms. The molecular formula is C27H24F2N4O4. The molecule has 0 bridgehead atoms. The van der Waals surface area contributed by atoms with Crippen molar-refractivity contribution in [2.24, 2.45) is 10.7 Å². The van der Waals surface area contributed by atoms with E-state index >= 15 is 0 Å². The maximum absolute atomic E-state index is 13.6. The zero-order chi connectivity index (χ0) is 26.9. The Balaban J connectivity index is 1.69. The number of likely N-dealkylation sites (N-methyl/N-ethyl adjacent to an activating group) is 1. The number of aliphatic hydroxyl groups is 1. The van der Waals surface area contributed by atoms with Gasteiger partial charge in [-0.25, -0.2) is 13.8 Å². The molecule has 0 saturated heterocycles. The Kier molecular flexibility index (Phi) is 6.97. The van der Waals surface area contributed by atoms with Crippen LogP contribution >= 0.6 is 0 Å². The Labute approximate surface area is 211 Å². The van der Waals surface area contributed by atoms with Gasteiger partial charge in [0.15, 0.2) is 6.10 Å². The number of halogens is 2. The number of nitrogens with one attached hydrogen (secondary N) is 1. The minimum Gasteiger partial charge on any atom is -0.378 e. The molecule has 1 aliphatic rings. The number of aliphatic hydroxyl groups excluding tert-OH is 1. The molecule has 3 aromatic carbocycles. The second kappa shape index (κ2) is 10.00. The van der Waals surface area contributed by atoms with Gasteiger partial charge in [0.25, 0.3) is 11.8 Å². The van der Waals surface area contributed by atoms with Gasteiger partial charge in [0.05, 0.1) is 17.4 Å². The van der Waals surface area contributed by atoms with E-state index in [1.54, 1.807) is 54.6 Å². The quantitative estimate of drug-likeness (QED) is 0.443. The van der Waals surface area contributed by atoms with Crippen molar-refractivity contribution in [3.8, 4) is 0 Å². The Morgan fingerprint density at radius 1 is 1.03 bits per heavy atom. The van der Waals surface area contributed by atoms with Crippen molar-refractivity contribution < 1.29 is 28.3 Å². The molecule has 0 fully saturated rings. The van der Waals surface area contributed by atoms with Gasteiger partial charge >= 0.3 is 0 Å². The van der Waals surface area contributed by atoms with Crippen molar-refractivity contribution in [3.63, 3.8) is 0 Å². The van der Waals surface area contributed by atoms with Crippen LogP contribution in [0.2, 0.25) is 0 Å². The molecular weight excluding hydrogens is 482 g/mol. The number of benzodiazepines with no additional fused rings is 1. The Bertz CT molecular complexity index is 1390. The van der Waals surface area contributed by atoms with Gasteiger partial charge in [-0.15, -0.1) is 0 Å². The van der Waals surface area contributed by atoms with Gasteiger partial charge in [-0.1, -0.05) is 48.5 Å². The number of amides is 2. The standard InChI is InChI=1S/C27H24F2N4O4/c1-15(31-25(36)23(34)17-12-18(28)14-19(29)13-17)24(35)27(30)26(37)33(2)21-11-7-6-10-20(21)22(32-27)16-8-4-3-5-9-16/h3-15,23,34H,30H2,1-2H3,(H,31,36)/t15-,23-,27?/m0/s1. The van der Waals surface area contributed by atoms with E-state index in [0.29, 0.717) is 28.6 Å². The molecule has 190 valence electrons. The van der Waals surface area contributed by atoms with Crippen LogP contribution in [0.1, 0.15) is 29.7 Å². The minimum atomic E-state index is -2.43. The monoisotopic (exact) mass is 506 g/mol. The summed E-state index contributed by atoms with van der Waals surface area (Å²) < 4.78 is 27.1. The number of nitrogens with zero attached hydrogens (tertiary/aromatic N) is 2. The number of Topliss-reactive ketones (excluding diaryl/α,β-unsaturated/α-hetero) is 1. The third-order valence-corrected chi connectivity index (χ3v) is 6.06. The molecule has 3 atom stereocenters. The second-order valence-corrected chi connectivity index (χ2v) is 8.67. The number of para-hydroxylation sites is 1. The van der Waals surface area contributed by atoms with Gasteiger partial charge in [0.2, 0.25) is 11.4 Å². The number of benzene rings is 3. The predicted molar refractivity (Wildman–Crippen MR) is 133 cm³/mol. The highest BCUT2D eigenvalue weighted by atomic mass is 19.1. The van der Waals surface area contributed by atoms with Crippen molar-refractivity contribution in [2.45, 2.75) is 24.7 Å². The summed E-state index contributed by atoms with van der Waals surface area (Å²) in [4.78, 5) is 45.3. The molecule has 37 heavy (non-hydrogen) atoms. The van der Waals surface area contributed by atoms with Crippen molar-refractivity contribution in [3.05, 3.63) is 101 Å². The van der Waals surface area contributed by atoms with Gasteiger partial charge < -0.3 is 15.3 Å². The van der Waals surface area contributed by atoms with Crippen LogP contribution in [0.3, 0.4) is 0 Å². The fourth-order valence-electron chi connectivity index (χ4n) is 4.16. The lowest BCUT2D eigenvalue weighted by Crippen LogP contribution is -2.63. The molecule has 1 heterocycles. The maximum atomic E-state index is 13.6. The Hall–Kier alpha value is -4.28. The molecule has 3 aromatic rings. The first kappa shape index (κ1) is 25.8. The third-order valence-electron chi connectivity index (χ3n) is 6.06. The molecule has 1 unspecified atom stereocenters. The van der Waals surface area contributed by atoms with Crippen LogP contribution in [-0.2, 0) is 14.4 Å². The average Bonchev–Trinajstić information content (AvgIpc) is 2.97. The summed E-state index contributed by atoms with van der Waals surface area (Å²) in [5.74, 6) is -4.86. The molecule has 4 rings (SSSR count). The maximum Gasteiger partial charge on any atom is 0.277 e. The summed E-state index contributed by atoms with van der Waals surface area (Å²) in [6.07, 6.45) is -1.98. The van der Waals surface area contributed by atoms with Crippen LogP contribution in [0.4, 0.5) is 14.5 Å². The number of nitrogens with two attached hydrogens (primary N) is 1. The van der Waals surface area contributed by atoms with Crippen LogP contribution in [0, 0.1) is 11.6 Å². The fraction of sp³-hybridized carbons (Fsp3) is 0.185. The molecule has 8 nitrogen and oxygen atoms in total. The van der Waals surface area contributed by atoms with Gasteiger partial charge in [-0.2, -0.15) is 0 Å². The number of ketones is 1. The Morgan fingerprint density at radius 3 is 2.27 bits per heavy atom. The molecule has 0 aromatic heterocycles. The lowest BCUT2D eigenvalue weighted by Gasteiger charge is -2.29. The second-order valence-electron chi connectivity index (χ2n) is 8.67. The van der Waals surface area contributed by atoms with E-state index in [-0.39, 0.29) is 5.56 Å². The van der Waals surface area contributed by atoms with Crippen LogP contribution in [0.5, 0.6) is 0 Å². The number of hydrogen-bond acceptors (Lipinski definition) is 6. The first-order valence-electron chi connectivity index (χ1n) is 11.3. The first-order chi connectivity index (χ1) is 17.5. The molecule has 4 N–H and O–H groups in total. The topological polar surface area (TPSA) is 125 Å². The first-order valence-corrected chi connectivity index (χ1v) is 11.3.